The lowest BCUT2D eigenvalue weighted by molar-refractivity contribution is -0.133. The van der Waals surface area contributed by atoms with E-state index in [4.69, 9.17) is 5.11 Å². The summed E-state index contributed by atoms with van der Waals surface area (Å²) in [5, 5.41) is 14.0. The normalized spacial score (nSPS) is 11.9. The van der Waals surface area contributed by atoms with Gasteiger partial charge in [0.15, 0.2) is 0 Å². The van der Waals surface area contributed by atoms with Crippen molar-refractivity contribution in [2.75, 3.05) is 13.7 Å². The molecule has 0 aliphatic carbocycles. The van der Waals surface area contributed by atoms with Crippen molar-refractivity contribution in [3.05, 3.63) is 11.1 Å². The highest BCUT2D eigenvalue weighted by Gasteiger charge is 2.14. The molecule has 0 unspecified atom stereocenters. The van der Waals surface area contributed by atoms with Gasteiger partial charge in [-0.3, -0.25) is 4.79 Å². The van der Waals surface area contributed by atoms with Gasteiger partial charge in [-0.05, 0) is 20.4 Å². The van der Waals surface area contributed by atoms with E-state index in [0.717, 1.165) is 0 Å². The van der Waals surface area contributed by atoms with Crippen LogP contribution in [0.15, 0.2) is 11.1 Å². The van der Waals surface area contributed by atoms with Gasteiger partial charge in [-0.2, -0.15) is 0 Å². The molecule has 80 valence electrons. The van der Waals surface area contributed by atoms with Crippen molar-refractivity contribution >= 4 is 11.9 Å². The first-order valence-electron chi connectivity index (χ1n) is 4.40. The maximum absolute atomic E-state index is 11.3. The molecule has 0 atom stereocenters. The van der Waals surface area contributed by atoms with Crippen LogP contribution in [0.25, 0.3) is 0 Å². The zero-order valence-corrected chi connectivity index (χ0v) is 8.68. The van der Waals surface area contributed by atoms with Crippen LogP contribution in [-0.4, -0.2) is 30.7 Å². The Morgan fingerprint density at radius 3 is 2.29 bits per heavy atom. The summed E-state index contributed by atoms with van der Waals surface area (Å²) in [6, 6.07) is 0. The summed E-state index contributed by atoms with van der Waals surface area (Å²) in [5.74, 6) is -1.39. The summed E-state index contributed by atoms with van der Waals surface area (Å²) in [4.78, 5) is 22.0. The minimum Gasteiger partial charge on any atom is -0.478 e. The average molecular weight is 200 g/mol. The molecule has 0 aliphatic rings. The molecule has 14 heavy (non-hydrogen) atoms. The van der Waals surface area contributed by atoms with Gasteiger partial charge in [0.1, 0.15) is 0 Å². The van der Waals surface area contributed by atoms with E-state index in [1.54, 1.807) is 14.0 Å². The Hall–Kier alpha value is -1.36. The lowest BCUT2D eigenvalue weighted by atomic mass is 10.1. The van der Waals surface area contributed by atoms with Gasteiger partial charge in [-0.25, -0.2) is 4.79 Å². The standard InChI is InChI=1S/C9H16N2O3/c1-4-7(9(13)14)6(2)8(12)11-5-10-3/h10H,4-5H2,1-3H3,(H,11,12)(H,13,14)/b7-6-. The first-order chi connectivity index (χ1) is 6.54. The molecule has 0 spiro atoms. The maximum atomic E-state index is 11.3. The summed E-state index contributed by atoms with van der Waals surface area (Å²) in [6.45, 7) is 3.54. The number of hydrogen-bond acceptors (Lipinski definition) is 3. The van der Waals surface area contributed by atoms with Crippen LogP contribution in [0, 0.1) is 0 Å². The van der Waals surface area contributed by atoms with Crippen molar-refractivity contribution < 1.29 is 14.7 Å². The molecule has 0 aliphatic heterocycles. The molecule has 0 aromatic heterocycles. The number of carboxylic acids is 1. The molecule has 0 heterocycles. The Morgan fingerprint density at radius 2 is 1.93 bits per heavy atom. The van der Waals surface area contributed by atoms with Crippen LogP contribution < -0.4 is 10.6 Å². The fraction of sp³-hybridized carbons (Fsp3) is 0.556. The summed E-state index contributed by atoms with van der Waals surface area (Å²) in [5.41, 5.74) is 0.411. The summed E-state index contributed by atoms with van der Waals surface area (Å²) in [7, 11) is 1.69. The SMILES string of the molecule is CC/C(C(=O)O)=C(\C)C(=O)NCNC. The number of carbonyl (C=O) groups is 2. The molecule has 0 radical (unpaired) electrons. The third kappa shape index (κ3) is 3.57. The van der Waals surface area contributed by atoms with Gasteiger partial charge in [0.2, 0.25) is 5.91 Å². The molecule has 0 aromatic rings. The Balaban J connectivity index is 4.60. The molecule has 3 N–H and O–H groups in total. The van der Waals surface area contributed by atoms with E-state index in [2.05, 4.69) is 10.6 Å². The minimum atomic E-state index is -1.04. The molecule has 0 saturated carbocycles. The van der Waals surface area contributed by atoms with Crippen molar-refractivity contribution in [2.24, 2.45) is 0 Å². The third-order valence-corrected chi connectivity index (χ3v) is 1.83. The minimum absolute atomic E-state index is 0.151. The molecule has 0 fully saturated rings. The number of hydrogen-bond donors (Lipinski definition) is 3. The maximum Gasteiger partial charge on any atom is 0.332 e. The van der Waals surface area contributed by atoms with E-state index in [9.17, 15) is 9.59 Å². The molecule has 5 nitrogen and oxygen atoms in total. The number of aliphatic carboxylic acids is 1. The Bertz CT molecular complexity index is 259. The molecule has 1 amide bonds. The molecular formula is C9H16N2O3. The second-order valence-electron chi connectivity index (χ2n) is 2.80. The van der Waals surface area contributed by atoms with Gasteiger partial charge >= 0.3 is 5.97 Å². The molecule has 0 bridgehead atoms. The lowest BCUT2D eigenvalue weighted by Gasteiger charge is -2.07. The van der Waals surface area contributed by atoms with E-state index >= 15 is 0 Å². The van der Waals surface area contributed by atoms with Gasteiger partial charge < -0.3 is 15.7 Å². The number of amides is 1. The molecule has 0 saturated heterocycles. The average Bonchev–Trinajstić information content (AvgIpc) is 2.14. The Morgan fingerprint density at radius 1 is 1.36 bits per heavy atom. The van der Waals surface area contributed by atoms with Gasteiger partial charge in [-0.15, -0.1) is 0 Å². The predicted molar refractivity (Wildman–Crippen MR) is 52.7 cm³/mol. The number of nitrogens with one attached hydrogen (secondary N) is 2. The second kappa shape index (κ2) is 6.15. The number of rotatable bonds is 5. The van der Waals surface area contributed by atoms with Crippen molar-refractivity contribution in [1.29, 1.82) is 0 Å². The fourth-order valence-electron chi connectivity index (χ4n) is 1.02. The van der Waals surface area contributed by atoms with Crippen LogP contribution in [0.5, 0.6) is 0 Å². The van der Waals surface area contributed by atoms with E-state index in [1.165, 1.54) is 6.92 Å². The molecule has 0 rings (SSSR count). The third-order valence-electron chi connectivity index (χ3n) is 1.83. The van der Waals surface area contributed by atoms with Crippen molar-refractivity contribution in [3.63, 3.8) is 0 Å². The first kappa shape index (κ1) is 12.6. The van der Waals surface area contributed by atoms with Gasteiger partial charge in [0.05, 0.1) is 6.67 Å². The van der Waals surface area contributed by atoms with Crippen molar-refractivity contribution in [2.45, 2.75) is 20.3 Å². The van der Waals surface area contributed by atoms with Gasteiger partial charge in [0, 0.05) is 11.1 Å². The van der Waals surface area contributed by atoms with Crippen LogP contribution in [0.2, 0.25) is 0 Å². The Kier molecular flexibility index (Phi) is 5.55. The first-order valence-corrected chi connectivity index (χ1v) is 4.40. The smallest absolute Gasteiger partial charge is 0.332 e. The van der Waals surface area contributed by atoms with E-state index in [-0.39, 0.29) is 17.1 Å². The number of carboxylic acid groups (broad SMARTS) is 1. The largest absolute Gasteiger partial charge is 0.478 e. The Labute approximate surface area is 83.2 Å². The lowest BCUT2D eigenvalue weighted by Crippen LogP contribution is -2.33. The van der Waals surface area contributed by atoms with Crippen molar-refractivity contribution in [1.82, 2.24) is 10.6 Å². The second-order valence-corrected chi connectivity index (χ2v) is 2.80. The highest BCUT2D eigenvalue weighted by atomic mass is 16.4. The molecule has 0 aromatic carbocycles. The highest BCUT2D eigenvalue weighted by Crippen LogP contribution is 2.08. The summed E-state index contributed by atoms with van der Waals surface area (Å²) >= 11 is 0. The number of carbonyl (C=O) groups excluding carboxylic acids is 1. The quantitative estimate of drug-likeness (QED) is 0.434. The topological polar surface area (TPSA) is 78.4 Å². The molecular weight excluding hydrogens is 184 g/mol. The van der Waals surface area contributed by atoms with Gasteiger partial charge in [-0.1, -0.05) is 6.92 Å². The van der Waals surface area contributed by atoms with Crippen LogP contribution in [0.1, 0.15) is 20.3 Å². The zero-order chi connectivity index (χ0) is 11.1. The van der Waals surface area contributed by atoms with Crippen molar-refractivity contribution in [3.8, 4) is 0 Å². The van der Waals surface area contributed by atoms with Crippen LogP contribution in [0.4, 0.5) is 0 Å². The zero-order valence-electron chi connectivity index (χ0n) is 8.68. The highest BCUT2D eigenvalue weighted by molar-refractivity contribution is 6.01. The summed E-state index contributed by atoms with van der Waals surface area (Å²) < 4.78 is 0. The van der Waals surface area contributed by atoms with Crippen LogP contribution >= 0.6 is 0 Å². The fourth-order valence-corrected chi connectivity index (χ4v) is 1.02. The molecule has 5 heteroatoms. The van der Waals surface area contributed by atoms with E-state index in [0.29, 0.717) is 13.1 Å². The monoisotopic (exact) mass is 200 g/mol. The van der Waals surface area contributed by atoms with Crippen LogP contribution in [0.3, 0.4) is 0 Å². The van der Waals surface area contributed by atoms with E-state index < -0.39 is 5.97 Å². The van der Waals surface area contributed by atoms with E-state index in [1.807, 2.05) is 0 Å². The van der Waals surface area contributed by atoms with Gasteiger partial charge in [0.25, 0.3) is 0 Å². The summed E-state index contributed by atoms with van der Waals surface area (Å²) in [6.07, 6.45) is 0.341. The predicted octanol–water partition coefficient (Wildman–Crippen LogP) is 0.0906. The van der Waals surface area contributed by atoms with Crippen LogP contribution in [-0.2, 0) is 9.59 Å².